The largest absolute Gasteiger partial charge is 0.106 e. The maximum absolute atomic E-state index is 3.00. The molecule has 0 spiro atoms. The highest BCUT2D eigenvalue weighted by atomic mass is 14.9. The third-order valence-electron chi connectivity index (χ3n) is 8.32. The van der Waals surface area contributed by atoms with E-state index in [0.717, 1.165) is 46.3 Å². The zero-order chi connectivity index (χ0) is 14.0. The van der Waals surface area contributed by atoms with Gasteiger partial charge in [0.1, 0.15) is 0 Å². The van der Waals surface area contributed by atoms with Gasteiger partial charge in [0.25, 0.3) is 0 Å². The van der Waals surface area contributed by atoms with E-state index in [1.54, 1.807) is 19.3 Å². The highest BCUT2D eigenvalue weighted by molar-refractivity contribution is 5.34. The Morgan fingerprint density at radius 3 is 1.84 bits per heavy atom. The summed E-state index contributed by atoms with van der Waals surface area (Å²) in [6.07, 6.45) is 7.71. The van der Waals surface area contributed by atoms with Crippen molar-refractivity contribution in [2.24, 2.45) is 46.3 Å². The number of hydrogen-bond donors (Lipinski definition) is 0. The van der Waals surface area contributed by atoms with Crippen LogP contribution in [0.2, 0.25) is 0 Å². The molecule has 4 unspecified atom stereocenters. The summed E-state index contributed by atoms with van der Waals surface area (Å²) in [4.78, 5) is 0. The summed E-state index contributed by atoms with van der Waals surface area (Å²) in [5.41, 5.74) is 1.57. The van der Waals surface area contributed by atoms with Crippen LogP contribution in [0.5, 0.6) is 0 Å². The fourth-order valence-electron chi connectivity index (χ4n) is 8.12. The average molecular weight is 260 g/mol. The van der Waals surface area contributed by atoms with Gasteiger partial charge in [-0.1, -0.05) is 53.4 Å². The lowest BCUT2D eigenvalue weighted by molar-refractivity contribution is -0.456. The Labute approximate surface area is 120 Å². The molecule has 4 rings (SSSR count). The zero-order valence-corrected chi connectivity index (χ0v) is 13.4. The molecule has 0 heterocycles. The molecule has 4 atom stereocenters. The minimum Gasteiger partial charge on any atom is -0.106 e. The van der Waals surface area contributed by atoms with Crippen molar-refractivity contribution in [1.82, 2.24) is 0 Å². The van der Waals surface area contributed by atoms with E-state index in [9.17, 15) is 0 Å². The zero-order valence-electron chi connectivity index (χ0n) is 13.4. The molecule has 0 N–H and O–H groups in total. The van der Waals surface area contributed by atoms with E-state index in [0.29, 0.717) is 0 Å². The summed E-state index contributed by atoms with van der Waals surface area (Å²) in [6.45, 7) is 16.4. The molecule has 19 heavy (non-hydrogen) atoms. The average Bonchev–Trinajstić information content (AvgIpc) is 2.89. The summed E-state index contributed by atoms with van der Waals surface area (Å²) in [5.74, 6) is 6.37. The molecule has 108 valence electrons. The lowest BCUT2D eigenvalue weighted by Gasteiger charge is -2.92. The molecular formula is C19H32. The Morgan fingerprint density at radius 1 is 0.947 bits per heavy atom. The SMILES string of the molecule is C=C.CC1C2C(C)C3(CC4CCCC4)C(C)C1C23C. The molecule has 0 aromatic heterocycles. The van der Waals surface area contributed by atoms with Gasteiger partial charge in [-0.2, -0.15) is 0 Å². The van der Waals surface area contributed by atoms with E-state index >= 15 is 0 Å². The van der Waals surface area contributed by atoms with E-state index in [4.69, 9.17) is 0 Å². The van der Waals surface area contributed by atoms with Crippen LogP contribution in [0.1, 0.15) is 59.8 Å². The van der Waals surface area contributed by atoms with Gasteiger partial charge in [-0.05, 0) is 52.8 Å². The summed E-state index contributed by atoms with van der Waals surface area (Å²) < 4.78 is 0. The monoisotopic (exact) mass is 260 g/mol. The summed E-state index contributed by atoms with van der Waals surface area (Å²) in [6, 6.07) is 0. The minimum atomic E-state index is 0.782. The standard InChI is InChI=1S/C17H28.C2H4/c1-10-14-11(2)17(9-13-7-5-6-8-13)12(3)15(10)16(14,17)4;1-2/h10-15H,5-9H2,1-4H3;1-2H2. The van der Waals surface area contributed by atoms with Crippen LogP contribution in [0.15, 0.2) is 13.2 Å². The Balaban J connectivity index is 0.000000528. The molecule has 0 nitrogen and oxygen atoms in total. The molecule has 0 aromatic rings. The molecule has 0 heteroatoms. The highest BCUT2D eigenvalue weighted by Crippen LogP contribution is 2.92. The van der Waals surface area contributed by atoms with Crippen molar-refractivity contribution < 1.29 is 0 Å². The van der Waals surface area contributed by atoms with Gasteiger partial charge < -0.3 is 0 Å². The normalized spacial score (nSPS) is 58.0. The van der Waals surface area contributed by atoms with Crippen molar-refractivity contribution in [3.8, 4) is 0 Å². The fraction of sp³-hybridized carbons (Fsp3) is 0.895. The second-order valence-electron chi connectivity index (χ2n) is 8.17. The van der Waals surface area contributed by atoms with Crippen molar-refractivity contribution in [3.05, 3.63) is 13.2 Å². The Hall–Kier alpha value is -0.260. The van der Waals surface area contributed by atoms with Crippen LogP contribution in [-0.4, -0.2) is 0 Å². The van der Waals surface area contributed by atoms with Crippen LogP contribution in [0.3, 0.4) is 0 Å². The first kappa shape index (κ1) is 13.7. The smallest absolute Gasteiger partial charge is 0.0178 e. The van der Waals surface area contributed by atoms with Crippen molar-refractivity contribution in [3.63, 3.8) is 0 Å². The van der Waals surface area contributed by atoms with Crippen molar-refractivity contribution in [2.75, 3.05) is 0 Å². The third kappa shape index (κ3) is 1.19. The van der Waals surface area contributed by atoms with Gasteiger partial charge in [0.05, 0.1) is 0 Å². The van der Waals surface area contributed by atoms with Gasteiger partial charge in [-0.3, -0.25) is 0 Å². The molecule has 4 fully saturated rings. The first-order valence-corrected chi connectivity index (χ1v) is 8.55. The molecule has 0 amide bonds. The summed E-state index contributed by atoms with van der Waals surface area (Å²) in [5, 5.41) is 0. The van der Waals surface area contributed by atoms with Gasteiger partial charge in [0.15, 0.2) is 0 Å². The Kier molecular flexibility index (Phi) is 2.97. The quantitative estimate of drug-likeness (QED) is 0.572. The predicted molar refractivity (Wildman–Crippen MR) is 82.8 cm³/mol. The molecule has 0 aliphatic heterocycles. The number of rotatable bonds is 2. The van der Waals surface area contributed by atoms with Crippen molar-refractivity contribution >= 4 is 0 Å². The summed E-state index contributed by atoms with van der Waals surface area (Å²) >= 11 is 0. The molecule has 4 aliphatic carbocycles. The van der Waals surface area contributed by atoms with Crippen molar-refractivity contribution in [1.29, 1.82) is 0 Å². The molecule has 4 saturated carbocycles. The first-order valence-electron chi connectivity index (χ1n) is 8.55. The molecule has 0 radical (unpaired) electrons. The van der Waals surface area contributed by atoms with Crippen LogP contribution < -0.4 is 0 Å². The van der Waals surface area contributed by atoms with Gasteiger partial charge >= 0.3 is 0 Å². The first-order chi connectivity index (χ1) is 9.05. The highest BCUT2D eigenvalue weighted by Gasteiger charge is 2.88. The molecule has 0 aromatic carbocycles. The maximum Gasteiger partial charge on any atom is -0.0178 e. The minimum absolute atomic E-state index is 0.782. The van der Waals surface area contributed by atoms with Gasteiger partial charge in [-0.25, -0.2) is 0 Å². The topological polar surface area (TPSA) is 0 Å². The van der Waals surface area contributed by atoms with Crippen LogP contribution >= 0.6 is 0 Å². The van der Waals surface area contributed by atoms with E-state index in [1.165, 1.54) is 12.8 Å². The second-order valence-corrected chi connectivity index (χ2v) is 8.17. The van der Waals surface area contributed by atoms with Crippen LogP contribution in [-0.2, 0) is 0 Å². The third-order valence-corrected chi connectivity index (χ3v) is 8.32. The van der Waals surface area contributed by atoms with Gasteiger partial charge in [-0.15, -0.1) is 13.2 Å². The Bertz CT molecular complexity index is 344. The summed E-state index contributed by atoms with van der Waals surface area (Å²) in [7, 11) is 0. The number of hydrogen-bond acceptors (Lipinski definition) is 0. The van der Waals surface area contributed by atoms with Crippen LogP contribution in [0.25, 0.3) is 0 Å². The molecule has 0 saturated heterocycles. The van der Waals surface area contributed by atoms with Crippen LogP contribution in [0, 0.1) is 46.3 Å². The second kappa shape index (κ2) is 4.12. The maximum atomic E-state index is 3.00. The van der Waals surface area contributed by atoms with E-state index in [1.807, 2.05) is 0 Å². The van der Waals surface area contributed by atoms with E-state index in [2.05, 4.69) is 40.9 Å². The van der Waals surface area contributed by atoms with E-state index < -0.39 is 0 Å². The lowest BCUT2D eigenvalue weighted by atomic mass is 9.12. The van der Waals surface area contributed by atoms with E-state index in [-0.39, 0.29) is 0 Å². The van der Waals surface area contributed by atoms with Crippen molar-refractivity contribution in [2.45, 2.75) is 59.8 Å². The molecule has 4 aliphatic rings. The van der Waals surface area contributed by atoms with Gasteiger partial charge in [0, 0.05) is 0 Å². The predicted octanol–water partition coefficient (Wildman–Crippen LogP) is 5.54. The Morgan fingerprint density at radius 2 is 1.42 bits per heavy atom. The fourth-order valence-corrected chi connectivity index (χ4v) is 8.12. The van der Waals surface area contributed by atoms with Crippen LogP contribution in [0.4, 0.5) is 0 Å². The molecule has 0 bridgehead atoms. The molecular weight excluding hydrogens is 228 g/mol. The van der Waals surface area contributed by atoms with Gasteiger partial charge in [0.2, 0.25) is 0 Å². The lowest BCUT2D eigenvalue weighted by Crippen LogP contribution is -2.88.